The summed E-state index contributed by atoms with van der Waals surface area (Å²) >= 11 is 18.3. The Labute approximate surface area is 144 Å². The number of nitrogens with zero attached hydrogens (tertiary/aromatic N) is 2. The largest absolute Gasteiger partial charge is 0.477 e. The molecule has 0 aliphatic rings. The number of rotatable bonds is 2. The second kappa shape index (κ2) is 5.85. The number of pyridine rings is 2. The molecule has 0 amide bonds. The number of fused-ring (bicyclic) bond motifs is 1. The van der Waals surface area contributed by atoms with Gasteiger partial charge in [0, 0.05) is 6.20 Å². The summed E-state index contributed by atoms with van der Waals surface area (Å²) in [6.45, 7) is 0. The Kier molecular flexibility index (Phi) is 4.02. The topological polar surface area (TPSA) is 72.2 Å². The molecule has 3 rings (SSSR count). The Balaban J connectivity index is 2.54. The van der Waals surface area contributed by atoms with E-state index in [0.717, 1.165) is 6.20 Å². The Morgan fingerprint density at radius 2 is 1.74 bits per heavy atom. The SMILES string of the molecule is O=C(O)c1cn(-c2c(Cl)cccc2Cl)c2nc(Cl)ccc2c1=O. The van der Waals surface area contributed by atoms with Gasteiger partial charge in [-0.05, 0) is 24.3 Å². The highest BCUT2D eigenvalue weighted by Crippen LogP contribution is 2.30. The zero-order valence-electron chi connectivity index (χ0n) is 11.3. The molecule has 5 nitrogen and oxygen atoms in total. The first-order valence-corrected chi connectivity index (χ1v) is 7.43. The average molecular weight is 370 g/mol. The summed E-state index contributed by atoms with van der Waals surface area (Å²) in [4.78, 5) is 27.8. The third-order valence-electron chi connectivity index (χ3n) is 3.23. The highest BCUT2D eigenvalue weighted by atomic mass is 35.5. The molecule has 0 atom stereocenters. The van der Waals surface area contributed by atoms with Gasteiger partial charge in [-0.1, -0.05) is 40.9 Å². The molecule has 0 bridgehead atoms. The molecule has 2 aromatic heterocycles. The van der Waals surface area contributed by atoms with E-state index in [1.54, 1.807) is 18.2 Å². The molecule has 0 spiro atoms. The van der Waals surface area contributed by atoms with Crippen molar-refractivity contribution in [3.8, 4) is 5.69 Å². The lowest BCUT2D eigenvalue weighted by Gasteiger charge is -2.14. The molecule has 23 heavy (non-hydrogen) atoms. The van der Waals surface area contributed by atoms with Crippen molar-refractivity contribution in [2.75, 3.05) is 0 Å². The van der Waals surface area contributed by atoms with Crippen molar-refractivity contribution in [2.45, 2.75) is 0 Å². The van der Waals surface area contributed by atoms with Gasteiger partial charge in [0.2, 0.25) is 5.43 Å². The fourth-order valence-electron chi connectivity index (χ4n) is 2.22. The van der Waals surface area contributed by atoms with E-state index in [1.165, 1.54) is 16.7 Å². The minimum absolute atomic E-state index is 0.102. The normalized spacial score (nSPS) is 10.9. The van der Waals surface area contributed by atoms with E-state index in [2.05, 4.69) is 4.98 Å². The average Bonchev–Trinajstić information content (AvgIpc) is 2.48. The summed E-state index contributed by atoms with van der Waals surface area (Å²) in [5, 5.41) is 10.1. The number of carboxylic acid groups (broad SMARTS) is 1. The molecule has 3 aromatic rings. The number of carboxylic acids is 1. The molecule has 0 aliphatic heterocycles. The maximum atomic E-state index is 12.3. The Morgan fingerprint density at radius 1 is 1.09 bits per heavy atom. The predicted octanol–water partition coefficient (Wildman–Crippen LogP) is 4.04. The lowest BCUT2D eigenvalue weighted by Crippen LogP contribution is -2.19. The number of halogens is 3. The maximum absolute atomic E-state index is 12.3. The zero-order chi connectivity index (χ0) is 16.7. The molecule has 1 aromatic carbocycles. The van der Waals surface area contributed by atoms with Gasteiger partial charge in [-0.25, -0.2) is 9.78 Å². The van der Waals surface area contributed by atoms with Gasteiger partial charge >= 0.3 is 5.97 Å². The van der Waals surface area contributed by atoms with E-state index in [-0.39, 0.29) is 26.2 Å². The number of para-hydroxylation sites is 1. The number of carbonyl (C=O) groups is 1. The van der Waals surface area contributed by atoms with Crippen LogP contribution in [0.1, 0.15) is 10.4 Å². The molecule has 0 radical (unpaired) electrons. The van der Waals surface area contributed by atoms with E-state index in [1.807, 2.05) is 0 Å². The first-order valence-electron chi connectivity index (χ1n) is 6.29. The van der Waals surface area contributed by atoms with Gasteiger partial charge in [-0.15, -0.1) is 0 Å². The maximum Gasteiger partial charge on any atom is 0.341 e. The van der Waals surface area contributed by atoms with Gasteiger partial charge in [0.05, 0.1) is 21.1 Å². The van der Waals surface area contributed by atoms with Crippen LogP contribution in [-0.2, 0) is 0 Å². The van der Waals surface area contributed by atoms with Crippen LogP contribution in [0.4, 0.5) is 0 Å². The monoisotopic (exact) mass is 368 g/mol. The second-order valence-electron chi connectivity index (χ2n) is 4.62. The van der Waals surface area contributed by atoms with E-state index < -0.39 is 17.0 Å². The standard InChI is InChI=1S/C15H7Cl3N2O3/c16-9-2-1-3-10(17)12(9)20-6-8(15(22)23)13(21)7-4-5-11(18)19-14(7)20/h1-6H,(H,22,23). The van der Waals surface area contributed by atoms with Crippen LogP contribution < -0.4 is 5.43 Å². The number of benzene rings is 1. The Bertz CT molecular complexity index is 995. The van der Waals surface area contributed by atoms with Crippen molar-refractivity contribution in [3.05, 3.63) is 67.5 Å². The third-order valence-corrected chi connectivity index (χ3v) is 4.05. The van der Waals surface area contributed by atoms with Crippen LogP contribution in [0.5, 0.6) is 0 Å². The molecule has 0 unspecified atom stereocenters. The highest BCUT2D eigenvalue weighted by molar-refractivity contribution is 6.37. The molecule has 0 aliphatic carbocycles. The van der Waals surface area contributed by atoms with Gasteiger partial charge < -0.3 is 5.11 Å². The van der Waals surface area contributed by atoms with Crippen LogP contribution in [0.15, 0.2) is 41.3 Å². The third kappa shape index (κ3) is 2.67. The van der Waals surface area contributed by atoms with Crippen LogP contribution in [0.2, 0.25) is 15.2 Å². The molecular formula is C15H7Cl3N2O3. The van der Waals surface area contributed by atoms with Gasteiger partial charge in [-0.2, -0.15) is 0 Å². The summed E-state index contributed by atoms with van der Waals surface area (Å²) in [7, 11) is 0. The molecule has 0 saturated heterocycles. The van der Waals surface area contributed by atoms with E-state index in [0.29, 0.717) is 5.69 Å². The van der Waals surface area contributed by atoms with Crippen molar-refractivity contribution in [2.24, 2.45) is 0 Å². The Hall–Kier alpha value is -2.08. The summed E-state index contributed by atoms with van der Waals surface area (Å²) in [5.74, 6) is -1.36. The number of aromatic carboxylic acids is 1. The first kappa shape index (κ1) is 15.8. The van der Waals surface area contributed by atoms with E-state index in [9.17, 15) is 14.7 Å². The van der Waals surface area contributed by atoms with Gasteiger partial charge in [0.15, 0.2) is 0 Å². The quantitative estimate of drug-likeness (QED) is 0.692. The van der Waals surface area contributed by atoms with Crippen molar-refractivity contribution in [1.82, 2.24) is 9.55 Å². The highest BCUT2D eigenvalue weighted by Gasteiger charge is 2.19. The summed E-state index contributed by atoms with van der Waals surface area (Å²) in [6.07, 6.45) is 1.14. The smallest absolute Gasteiger partial charge is 0.341 e. The second-order valence-corrected chi connectivity index (χ2v) is 5.82. The zero-order valence-corrected chi connectivity index (χ0v) is 13.5. The summed E-state index contributed by atoms with van der Waals surface area (Å²) in [5.41, 5.74) is -0.589. The van der Waals surface area contributed by atoms with Crippen molar-refractivity contribution < 1.29 is 9.90 Å². The van der Waals surface area contributed by atoms with E-state index in [4.69, 9.17) is 34.8 Å². The minimum Gasteiger partial charge on any atom is -0.477 e. The minimum atomic E-state index is -1.36. The summed E-state index contributed by atoms with van der Waals surface area (Å²) in [6, 6.07) is 7.67. The Morgan fingerprint density at radius 3 is 2.35 bits per heavy atom. The van der Waals surface area contributed by atoms with Gasteiger partial charge in [-0.3, -0.25) is 9.36 Å². The van der Waals surface area contributed by atoms with Crippen LogP contribution in [-0.4, -0.2) is 20.6 Å². The number of hydrogen-bond acceptors (Lipinski definition) is 3. The summed E-state index contributed by atoms with van der Waals surface area (Å²) < 4.78 is 1.36. The van der Waals surface area contributed by atoms with Crippen LogP contribution >= 0.6 is 34.8 Å². The van der Waals surface area contributed by atoms with Gasteiger partial charge in [0.25, 0.3) is 0 Å². The molecular weight excluding hydrogens is 363 g/mol. The lowest BCUT2D eigenvalue weighted by molar-refractivity contribution is 0.0695. The molecule has 0 saturated carbocycles. The number of aromatic nitrogens is 2. The first-order chi connectivity index (χ1) is 10.9. The predicted molar refractivity (Wildman–Crippen MR) is 89.3 cm³/mol. The van der Waals surface area contributed by atoms with Crippen molar-refractivity contribution in [3.63, 3.8) is 0 Å². The molecule has 116 valence electrons. The van der Waals surface area contributed by atoms with Gasteiger partial charge in [0.1, 0.15) is 16.4 Å². The van der Waals surface area contributed by atoms with Crippen molar-refractivity contribution in [1.29, 1.82) is 0 Å². The van der Waals surface area contributed by atoms with Crippen molar-refractivity contribution >= 4 is 51.8 Å². The lowest BCUT2D eigenvalue weighted by atomic mass is 10.2. The molecule has 1 N–H and O–H groups in total. The van der Waals surface area contributed by atoms with E-state index >= 15 is 0 Å². The fraction of sp³-hybridized carbons (Fsp3) is 0. The van der Waals surface area contributed by atoms with Crippen LogP contribution in [0.25, 0.3) is 16.7 Å². The molecule has 0 fully saturated rings. The fourth-order valence-corrected chi connectivity index (χ4v) is 2.94. The van der Waals surface area contributed by atoms with Crippen LogP contribution in [0, 0.1) is 0 Å². The van der Waals surface area contributed by atoms with Crippen LogP contribution in [0.3, 0.4) is 0 Å². The molecule has 2 heterocycles. The number of hydrogen-bond donors (Lipinski definition) is 1. The molecule has 8 heteroatoms.